The Hall–Kier alpha value is -4.39. The predicted molar refractivity (Wildman–Crippen MR) is 157 cm³/mol. The van der Waals surface area contributed by atoms with Gasteiger partial charge in [-0.3, -0.25) is 9.97 Å². The second-order valence-corrected chi connectivity index (χ2v) is 10.0. The number of pyridine rings is 2. The van der Waals surface area contributed by atoms with Gasteiger partial charge in [-0.2, -0.15) is 12.2 Å². The van der Waals surface area contributed by atoms with Crippen LogP contribution in [0.2, 0.25) is 0 Å². The summed E-state index contributed by atoms with van der Waals surface area (Å²) in [5.41, 5.74) is 11.8. The second-order valence-electron chi connectivity index (χ2n) is 10.0. The molecule has 0 radical (unpaired) electrons. The molecule has 6 aromatic rings. The number of hydrogen-bond acceptors (Lipinski definition) is 2. The molecule has 2 aromatic heterocycles. The first-order valence-corrected chi connectivity index (χ1v) is 13.2. The van der Waals surface area contributed by atoms with Gasteiger partial charge in [-0.15, -0.1) is 59.7 Å². The largest absolute Gasteiger partial charge is 2.00 e. The van der Waals surface area contributed by atoms with Crippen molar-refractivity contribution in [3.8, 4) is 33.6 Å². The maximum atomic E-state index is 5.37. The molecule has 0 saturated carbocycles. The number of nitrogens with zero attached hydrogens (tertiary/aromatic N) is 2. The van der Waals surface area contributed by atoms with Crippen LogP contribution in [0.3, 0.4) is 0 Å². The van der Waals surface area contributed by atoms with Crippen LogP contribution in [0.1, 0.15) is 33.6 Å². The van der Waals surface area contributed by atoms with E-state index in [4.69, 9.17) is 9.97 Å². The van der Waals surface area contributed by atoms with Gasteiger partial charge >= 0.3 is 21.1 Å². The average Bonchev–Trinajstić information content (AvgIpc) is 3.31. The van der Waals surface area contributed by atoms with Crippen LogP contribution in [-0.2, 0) is 26.5 Å². The van der Waals surface area contributed by atoms with E-state index in [9.17, 15) is 0 Å². The van der Waals surface area contributed by atoms with Crippen molar-refractivity contribution in [2.24, 2.45) is 0 Å². The summed E-state index contributed by atoms with van der Waals surface area (Å²) in [6.45, 7) is 0. The van der Waals surface area contributed by atoms with Gasteiger partial charge in [0.15, 0.2) is 0 Å². The minimum atomic E-state index is -0.674. The zero-order valence-corrected chi connectivity index (χ0v) is 23.7. The summed E-state index contributed by atoms with van der Waals surface area (Å²) in [6.07, 6.45) is 4.16. The van der Waals surface area contributed by atoms with E-state index in [1.54, 1.807) is 0 Å². The molecule has 3 heteroatoms. The standard InChI is InChI=1S/C37H22N2.Pt/c1-3-15-31-29(13-1)30-14-2-4-16-32(30)37(31)35-19-7-17-33(38-35)27-11-5-9-25(23-27)21-22-26-10-6-12-28(24-26)34-18-8-20-36(37)39-34;/h1-22H;/q-2;+2. The summed E-state index contributed by atoms with van der Waals surface area (Å²) in [4.78, 5) is 10.7. The summed E-state index contributed by atoms with van der Waals surface area (Å²) in [5.74, 6) is 0. The van der Waals surface area contributed by atoms with Crippen molar-refractivity contribution in [2.75, 3.05) is 0 Å². The maximum Gasteiger partial charge on any atom is 2.00 e. The number of fused-ring (bicyclic) bond motifs is 17. The third kappa shape index (κ3) is 3.68. The van der Waals surface area contributed by atoms with Gasteiger partial charge in [0.2, 0.25) is 0 Å². The molecule has 4 aromatic carbocycles. The van der Waals surface area contributed by atoms with Crippen LogP contribution in [0.5, 0.6) is 0 Å². The summed E-state index contributed by atoms with van der Waals surface area (Å²) in [6, 6.07) is 49.6. The average molecular weight is 690 g/mol. The molecule has 0 saturated heterocycles. The molecule has 1 aliphatic carbocycles. The molecule has 2 aliphatic rings. The van der Waals surface area contributed by atoms with Crippen molar-refractivity contribution in [1.29, 1.82) is 0 Å². The first-order valence-electron chi connectivity index (χ1n) is 13.2. The molecule has 190 valence electrons. The van der Waals surface area contributed by atoms with Crippen molar-refractivity contribution >= 4 is 12.2 Å². The van der Waals surface area contributed by atoms with Crippen molar-refractivity contribution in [1.82, 2.24) is 9.97 Å². The number of benzene rings is 4. The predicted octanol–water partition coefficient (Wildman–Crippen LogP) is 8.26. The van der Waals surface area contributed by atoms with Crippen LogP contribution in [0.4, 0.5) is 0 Å². The number of rotatable bonds is 0. The molecular formula is C37H22N2Pt. The SMILES string of the molecule is [Pt+2].[c-]1c2cccc1-c1cccc(n1)C1(c3cccc(n3)-c3[c-]c(ccc3)C=C2)c2ccccc2-c2ccccc21. The quantitative estimate of drug-likeness (QED) is 0.150. The fraction of sp³-hybridized carbons (Fsp3) is 0.0270. The maximum absolute atomic E-state index is 5.37. The molecule has 0 unspecified atom stereocenters. The molecule has 1 spiro atoms. The van der Waals surface area contributed by atoms with Gasteiger partial charge in [0.1, 0.15) is 5.41 Å². The van der Waals surface area contributed by atoms with Crippen molar-refractivity contribution in [3.63, 3.8) is 0 Å². The van der Waals surface area contributed by atoms with Gasteiger partial charge in [-0.05, 0) is 34.4 Å². The van der Waals surface area contributed by atoms with Crippen LogP contribution in [0.25, 0.3) is 45.8 Å². The first kappa shape index (κ1) is 24.6. The normalized spacial score (nSPS) is 13.4. The molecule has 40 heavy (non-hydrogen) atoms. The van der Waals surface area contributed by atoms with Gasteiger partial charge in [0.05, 0.1) is 11.4 Å². The second kappa shape index (κ2) is 9.66. The Labute approximate surface area is 248 Å². The van der Waals surface area contributed by atoms with Crippen LogP contribution >= 0.6 is 0 Å². The molecule has 0 amide bonds. The molecule has 3 heterocycles. The Bertz CT molecular complexity index is 1800. The molecule has 8 rings (SSSR count). The fourth-order valence-corrected chi connectivity index (χ4v) is 6.15. The molecule has 8 bridgehead atoms. The fourth-order valence-electron chi connectivity index (χ4n) is 6.15. The Balaban J connectivity index is 0.00000264. The monoisotopic (exact) mass is 689 g/mol. The van der Waals surface area contributed by atoms with Gasteiger partial charge in [0.25, 0.3) is 0 Å². The zero-order valence-electron chi connectivity index (χ0n) is 21.4. The molecular weight excluding hydrogens is 667 g/mol. The Kier molecular flexibility index (Phi) is 5.95. The summed E-state index contributed by atoms with van der Waals surface area (Å²) >= 11 is 0. The summed E-state index contributed by atoms with van der Waals surface area (Å²) in [7, 11) is 0. The number of hydrogen-bond donors (Lipinski definition) is 0. The van der Waals surface area contributed by atoms with Crippen LogP contribution < -0.4 is 0 Å². The molecule has 1 aliphatic heterocycles. The van der Waals surface area contributed by atoms with Gasteiger partial charge in [-0.1, -0.05) is 83.9 Å². The van der Waals surface area contributed by atoms with Crippen LogP contribution in [0.15, 0.2) is 121 Å². The molecule has 2 nitrogen and oxygen atoms in total. The summed E-state index contributed by atoms with van der Waals surface area (Å²) < 4.78 is 0. The third-order valence-corrected chi connectivity index (χ3v) is 7.85. The Morgan fingerprint density at radius 1 is 0.450 bits per heavy atom. The Morgan fingerprint density at radius 3 is 1.40 bits per heavy atom. The topological polar surface area (TPSA) is 25.8 Å². The van der Waals surface area contributed by atoms with E-state index in [-0.39, 0.29) is 21.1 Å². The third-order valence-electron chi connectivity index (χ3n) is 7.85. The van der Waals surface area contributed by atoms with Crippen molar-refractivity contribution < 1.29 is 21.1 Å². The molecule has 0 fully saturated rings. The van der Waals surface area contributed by atoms with E-state index in [1.165, 1.54) is 22.3 Å². The first-order chi connectivity index (χ1) is 19.3. The van der Waals surface area contributed by atoms with Crippen molar-refractivity contribution in [2.45, 2.75) is 5.41 Å². The van der Waals surface area contributed by atoms with Crippen molar-refractivity contribution in [3.05, 3.63) is 167 Å². The van der Waals surface area contributed by atoms with Crippen LogP contribution in [0, 0.1) is 12.1 Å². The molecule has 0 N–H and O–H groups in total. The van der Waals surface area contributed by atoms with E-state index in [2.05, 4.69) is 146 Å². The summed E-state index contributed by atoms with van der Waals surface area (Å²) in [5, 5.41) is 0. The van der Waals surface area contributed by atoms with Gasteiger partial charge in [0, 0.05) is 11.4 Å². The van der Waals surface area contributed by atoms with Gasteiger partial charge < -0.3 is 0 Å². The Morgan fingerprint density at radius 2 is 0.900 bits per heavy atom. The van der Waals surface area contributed by atoms with E-state index in [0.29, 0.717) is 0 Å². The minimum absolute atomic E-state index is 0. The smallest absolute Gasteiger partial charge is 0.290 e. The molecule has 0 atom stereocenters. The van der Waals surface area contributed by atoms with Crippen LogP contribution in [-0.4, -0.2) is 9.97 Å². The van der Waals surface area contributed by atoms with E-state index in [0.717, 1.165) is 45.0 Å². The zero-order chi connectivity index (χ0) is 25.8. The minimum Gasteiger partial charge on any atom is -0.290 e. The van der Waals surface area contributed by atoms with E-state index in [1.807, 2.05) is 0 Å². The van der Waals surface area contributed by atoms with E-state index >= 15 is 0 Å². The van der Waals surface area contributed by atoms with E-state index < -0.39 is 5.41 Å². The van der Waals surface area contributed by atoms with Gasteiger partial charge in [-0.25, -0.2) is 0 Å². The number of aromatic nitrogens is 2.